The van der Waals surface area contributed by atoms with Crippen molar-refractivity contribution in [3.8, 4) is 0 Å². The van der Waals surface area contributed by atoms with Crippen molar-refractivity contribution in [2.45, 2.75) is 19.3 Å². The molecule has 0 saturated heterocycles. The highest BCUT2D eigenvalue weighted by molar-refractivity contribution is 7.80. The third kappa shape index (κ3) is 13.2. The fourth-order valence-corrected chi connectivity index (χ4v) is 1.47. The molecule has 23 heavy (non-hydrogen) atoms. The summed E-state index contributed by atoms with van der Waals surface area (Å²) < 4.78 is 0. The number of hydrogen-bond acceptors (Lipinski definition) is 4. The van der Waals surface area contributed by atoms with Gasteiger partial charge >= 0.3 is 0 Å². The molecule has 0 heterocycles. The Kier molecular flexibility index (Phi) is 12.2. The van der Waals surface area contributed by atoms with Gasteiger partial charge in [0.1, 0.15) is 0 Å². The molecule has 0 fully saturated rings. The van der Waals surface area contributed by atoms with Crippen LogP contribution in [0.3, 0.4) is 0 Å². The van der Waals surface area contributed by atoms with E-state index >= 15 is 0 Å². The van der Waals surface area contributed by atoms with Gasteiger partial charge in [0.25, 0.3) is 0 Å². The van der Waals surface area contributed by atoms with Crippen molar-refractivity contribution < 1.29 is 9.59 Å². The smallest absolute Gasteiger partial charge is 0.238 e. The number of hydrogen-bond donors (Lipinski definition) is 6. The molecule has 6 N–H and O–H groups in total. The number of thiocarbonyl (C=S) groups is 2. The molecule has 0 aromatic rings. The first kappa shape index (κ1) is 20.8. The summed E-state index contributed by atoms with van der Waals surface area (Å²) in [5, 5.41) is 6.17. The molecule has 0 unspecified atom stereocenters. The van der Waals surface area contributed by atoms with Gasteiger partial charge in [0, 0.05) is 25.9 Å². The maximum atomic E-state index is 11.5. The zero-order valence-corrected chi connectivity index (χ0v) is 14.4. The Hall–Kier alpha value is -2.20. The molecular weight excluding hydrogens is 336 g/mol. The summed E-state index contributed by atoms with van der Waals surface area (Å²) >= 11 is 9.80. The van der Waals surface area contributed by atoms with E-state index in [0.29, 0.717) is 29.7 Å². The highest BCUT2D eigenvalue weighted by Gasteiger charge is 2.05. The summed E-state index contributed by atoms with van der Waals surface area (Å²) in [7, 11) is 0. The van der Waals surface area contributed by atoms with E-state index in [2.05, 4.69) is 45.5 Å². The van der Waals surface area contributed by atoms with Gasteiger partial charge in [-0.05, 0) is 30.9 Å². The van der Waals surface area contributed by atoms with Crippen molar-refractivity contribution in [3.05, 3.63) is 25.3 Å². The largest absolute Gasteiger partial charge is 0.358 e. The van der Waals surface area contributed by atoms with E-state index in [1.807, 2.05) is 0 Å². The molecule has 0 aliphatic rings. The molecule has 0 rings (SSSR count). The summed E-state index contributed by atoms with van der Waals surface area (Å²) in [6, 6.07) is 0. The maximum Gasteiger partial charge on any atom is 0.238 e. The highest BCUT2D eigenvalue weighted by atomic mass is 32.1. The van der Waals surface area contributed by atoms with Crippen molar-refractivity contribution in [1.82, 2.24) is 32.3 Å². The van der Waals surface area contributed by atoms with Crippen molar-refractivity contribution in [2.75, 3.05) is 13.1 Å². The number of nitrogens with one attached hydrogen (secondary N) is 6. The van der Waals surface area contributed by atoms with Crippen molar-refractivity contribution in [2.24, 2.45) is 0 Å². The first-order chi connectivity index (χ1) is 11.0. The molecule has 2 amide bonds. The van der Waals surface area contributed by atoms with Gasteiger partial charge < -0.3 is 10.6 Å². The average Bonchev–Trinajstić information content (AvgIpc) is 2.54. The molecule has 0 aliphatic heterocycles. The summed E-state index contributed by atoms with van der Waals surface area (Å²) in [5.41, 5.74) is 9.93. The second-order valence-electron chi connectivity index (χ2n) is 4.20. The molecule has 128 valence electrons. The molecule has 0 bridgehead atoms. The second kappa shape index (κ2) is 13.5. The monoisotopic (exact) mass is 358 g/mol. The molecular formula is C13H22N6O2S2. The Bertz CT molecular complexity index is 416. The van der Waals surface area contributed by atoms with Crippen molar-refractivity contribution in [3.63, 3.8) is 0 Å². The molecule has 0 aromatic heterocycles. The van der Waals surface area contributed by atoms with Crippen LogP contribution in [0.15, 0.2) is 25.3 Å². The lowest BCUT2D eigenvalue weighted by atomic mass is 10.2. The van der Waals surface area contributed by atoms with E-state index in [1.165, 1.54) is 0 Å². The van der Waals surface area contributed by atoms with Crippen LogP contribution in [-0.4, -0.2) is 35.1 Å². The molecule has 0 atom stereocenters. The second-order valence-corrected chi connectivity index (χ2v) is 5.01. The van der Waals surface area contributed by atoms with Gasteiger partial charge in [0.2, 0.25) is 11.8 Å². The van der Waals surface area contributed by atoms with Gasteiger partial charge in [0.15, 0.2) is 10.2 Å². The van der Waals surface area contributed by atoms with Gasteiger partial charge in [-0.15, -0.1) is 13.2 Å². The van der Waals surface area contributed by atoms with Crippen LogP contribution < -0.4 is 32.3 Å². The minimum atomic E-state index is -0.267. The third-order valence-electron chi connectivity index (χ3n) is 2.25. The Morgan fingerprint density at radius 1 is 0.783 bits per heavy atom. The van der Waals surface area contributed by atoms with Crippen LogP contribution in [0.25, 0.3) is 0 Å². The Morgan fingerprint density at radius 3 is 1.52 bits per heavy atom. The van der Waals surface area contributed by atoms with Gasteiger partial charge in [0.05, 0.1) is 0 Å². The Morgan fingerprint density at radius 2 is 1.17 bits per heavy atom. The average molecular weight is 358 g/mol. The minimum absolute atomic E-state index is 0.184. The fraction of sp³-hybridized carbons (Fsp3) is 0.385. The number of hydrazine groups is 2. The number of carbonyl (C=O) groups is 2. The zero-order valence-electron chi connectivity index (χ0n) is 12.7. The lowest BCUT2D eigenvalue weighted by Crippen LogP contribution is -2.47. The lowest BCUT2D eigenvalue weighted by Gasteiger charge is -2.11. The van der Waals surface area contributed by atoms with E-state index < -0.39 is 0 Å². The van der Waals surface area contributed by atoms with E-state index in [0.717, 1.165) is 0 Å². The number of carbonyl (C=O) groups excluding carboxylic acids is 2. The van der Waals surface area contributed by atoms with Crippen LogP contribution in [0, 0.1) is 0 Å². The van der Waals surface area contributed by atoms with Crippen LogP contribution in [-0.2, 0) is 9.59 Å². The molecule has 8 nitrogen and oxygen atoms in total. The molecule has 0 spiro atoms. The topological polar surface area (TPSA) is 106 Å². The highest BCUT2D eigenvalue weighted by Crippen LogP contribution is 1.94. The van der Waals surface area contributed by atoms with Crippen LogP contribution in [0.5, 0.6) is 0 Å². The summed E-state index contributed by atoms with van der Waals surface area (Å²) in [5.74, 6) is -0.534. The molecule has 0 saturated carbocycles. The first-order valence-corrected chi connectivity index (χ1v) is 7.68. The summed E-state index contributed by atoms with van der Waals surface area (Å²) in [4.78, 5) is 23.0. The molecule has 10 heteroatoms. The number of amides is 2. The standard InChI is InChI=1S/C13H22N6O2S2/c1-3-8-14-12(22)18-16-10(20)6-5-7-11(21)17-19-13(23)15-9-4-2/h3-4H,1-2,5-9H2,(H,16,20)(H,17,21)(H2,14,18,22)(H2,15,19,23). The van der Waals surface area contributed by atoms with Crippen molar-refractivity contribution >= 4 is 46.5 Å². The van der Waals surface area contributed by atoms with Crippen LogP contribution in [0.4, 0.5) is 0 Å². The maximum absolute atomic E-state index is 11.5. The minimum Gasteiger partial charge on any atom is -0.358 e. The number of rotatable bonds is 8. The summed E-state index contributed by atoms with van der Waals surface area (Å²) in [6.07, 6.45) is 4.04. The lowest BCUT2D eigenvalue weighted by molar-refractivity contribution is -0.123. The van der Waals surface area contributed by atoms with Crippen LogP contribution in [0.2, 0.25) is 0 Å². The SMILES string of the molecule is C=CCNC(=S)NNC(=O)CCCC(=O)NNC(=S)NCC=C. The van der Waals surface area contributed by atoms with Gasteiger partial charge in [-0.1, -0.05) is 12.2 Å². The predicted octanol–water partition coefficient (Wildman–Crippen LogP) is -0.481. The van der Waals surface area contributed by atoms with E-state index in [1.54, 1.807) is 12.2 Å². The fourth-order valence-electron chi connectivity index (χ4n) is 1.21. The van der Waals surface area contributed by atoms with E-state index in [9.17, 15) is 9.59 Å². The quantitative estimate of drug-likeness (QED) is 0.196. The predicted molar refractivity (Wildman–Crippen MR) is 98.0 cm³/mol. The van der Waals surface area contributed by atoms with Gasteiger partial charge in [-0.3, -0.25) is 31.3 Å². The van der Waals surface area contributed by atoms with Crippen molar-refractivity contribution in [1.29, 1.82) is 0 Å². The Balaban J connectivity index is 3.68. The van der Waals surface area contributed by atoms with Gasteiger partial charge in [-0.25, -0.2) is 0 Å². The Labute approximate surface area is 146 Å². The van der Waals surface area contributed by atoms with E-state index in [4.69, 9.17) is 24.4 Å². The molecule has 0 aromatic carbocycles. The summed E-state index contributed by atoms with van der Waals surface area (Å²) in [6.45, 7) is 8.05. The van der Waals surface area contributed by atoms with E-state index in [-0.39, 0.29) is 24.7 Å². The van der Waals surface area contributed by atoms with Gasteiger partial charge in [-0.2, -0.15) is 0 Å². The van der Waals surface area contributed by atoms with Crippen LogP contribution >= 0.6 is 24.4 Å². The molecule has 0 radical (unpaired) electrons. The third-order valence-corrected chi connectivity index (χ3v) is 2.75. The zero-order chi connectivity index (χ0) is 17.5. The van der Waals surface area contributed by atoms with Crippen LogP contribution in [0.1, 0.15) is 19.3 Å². The molecule has 0 aliphatic carbocycles. The normalized spacial score (nSPS) is 9.04. The first-order valence-electron chi connectivity index (χ1n) is 6.86.